The van der Waals surface area contributed by atoms with Gasteiger partial charge in [0, 0.05) is 22.9 Å². The molecule has 0 unspecified atom stereocenters. The number of nitrogens with one attached hydrogen (secondary N) is 1. The number of hydrogen-bond acceptors (Lipinski definition) is 4. The van der Waals surface area contributed by atoms with E-state index in [2.05, 4.69) is 9.88 Å². The molecule has 184 valence electrons. The SMILES string of the molecule is C\C=C(/C=C\C=C\C(C)=O)NC(=O)c1cccc(-c2nc3cc(C(=O)O)ccc3n2C2CCCC2)c1. The Labute approximate surface area is 209 Å². The van der Waals surface area contributed by atoms with Gasteiger partial charge in [0.15, 0.2) is 5.78 Å². The lowest BCUT2D eigenvalue weighted by Gasteiger charge is -2.17. The molecule has 1 aliphatic carbocycles. The zero-order valence-electron chi connectivity index (χ0n) is 20.4. The molecule has 1 fully saturated rings. The van der Waals surface area contributed by atoms with Crippen LogP contribution in [0, 0.1) is 0 Å². The summed E-state index contributed by atoms with van der Waals surface area (Å²) in [6, 6.07) is 12.6. The van der Waals surface area contributed by atoms with E-state index in [4.69, 9.17) is 4.98 Å². The minimum Gasteiger partial charge on any atom is -0.478 e. The van der Waals surface area contributed by atoms with Crippen molar-refractivity contribution in [2.75, 3.05) is 0 Å². The van der Waals surface area contributed by atoms with Crippen molar-refractivity contribution in [1.82, 2.24) is 14.9 Å². The fourth-order valence-electron chi connectivity index (χ4n) is 4.53. The highest BCUT2D eigenvalue weighted by molar-refractivity contribution is 5.97. The molecule has 7 heteroatoms. The van der Waals surface area contributed by atoms with Crippen molar-refractivity contribution >= 4 is 28.7 Å². The number of imidazole rings is 1. The highest BCUT2D eigenvalue weighted by Crippen LogP contribution is 2.37. The molecule has 2 N–H and O–H groups in total. The average molecular weight is 484 g/mol. The minimum atomic E-state index is -0.988. The van der Waals surface area contributed by atoms with Crippen LogP contribution < -0.4 is 5.32 Å². The highest BCUT2D eigenvalue weighted by atomic mass is 16.4. The zero-order valence-corrected chi connectivity index (χ0v) is 20.4. The number of amides is 1. The van der Waals surface area contributed by atoms with E-state index >= 15 is 0 Å². The number of rotatable bonds is 8. The molecule has 1 aliphatic rings. The molecule has 1 saturated carbocycles. The van der Waals surface area contributed by atoms with Crippen molar-refractivity contribution in [2.45, 2.75) is 45.6 Å². The maximum Gasteiger partial charge on any atom is 0.335 e. The second-order valence-corrected chi connectivity index (χ2v) is 8.86. The Morgan fingerprint density at radius 1 is 1.03 bits per heavy atom. The monoisotopic (exact) mass is 483 g/mol. The quantitative estimate of drug-likeness (QED) is 0.309. The van der Waals surface area contributed by atoms with Gasteiger partial charge in [-0.05, 0) is 69.2 Å². The maximum absolute atomic E-state index is 13.0. The van der Waals surface area contributed by atoms with Gasteiger partial charge in [-0.2, -0.15) is 0 Å². The smallest absolute Gasteiger partial charge is 0.335 e. The third-order valence-electron chi connectivity index (χ3n) is 6.30. The van der Waals surface area contributed by atoms with Crippen LogP contribution in [-0.4, -0.2) is 32.3 Å². The molecule has 1 aromatic heterocycles. The normalized spacial score (nSPS) is 14.8. The van der Waals surface area contributed by atoms with Crippen molar-refractivity contribution in [1.29, 1.82) is 0 Å². The lowest BCUT2D eigenvalue weighted by atomic mass is 10.1. The molecule has 0 bridgehead atoms. The Morgan fingerprint density at radius 3 is 2.47 bits per heavy atom. The number of aromatic carboxylic acids is 1. The fraction of sp³-hybridized carbons (Fsp3) is 0.241. The van der Waals surface area contributed by atoms with Crippen molar-refractivity contribution in [3.8, 4) is 11.4 Å². The van der Waals surface area contributed by atoms with Gasteiger partial charge in [0.05, 0.1) is 16.6 Å². The number of benzene rings is 2. The van der Waals surface area contributed by atoms with E-state index in [0.717, 1.165) is 42.6 Å². The lowest BCUT2D eigenvalue weighted by Crippen LogP contribution is -2.21. The molecule has 0 aliphatic heterocycles. The predicted molar refractivity (Wildman–Crippen MR) is 140 cm³/mol. The van der Waals surface area contributed by atoms with E-state index in [1.165, 1.54) is 13.0 Å². The number of carboxylic acids is 1. The second-order valence-electron chi connectivity index (χ2n) is 8.86. The van der Waals surface area contributed by atoms with Gasteiger partial charge in [-0.15, -0.1) is 0 Å². The van der Waals surface area contributed by atoms with Crippen LogP contribution in [0.15, 0.2) is 78.5 Å². The first-order valence-electron chi connectivity index (χ1n) is 12.1. The van der Waals surface area contributed by atoms with Crippen LogP contribution in [-0.2, 0) is 4.79 Å². The van der Waals surface area contributed by atoms with Crippen LogP contribution in [0.5, 0.6) is 0 Å². The molecular formula is C29H29N3O4. The first kappa shape index (κ1) is 24.9. The number of carboxylic acid groups (broad SMARTS) is 1. The molecule has 0 spiro atoms. The summed E-state index contributed by atoms with van der Waals surface area (Å²) < 4.78 is 2.20. The summed E-state index contributed by atoms with van der Waals surface area (Å²) in [5, 5.41) is 12.3. The molecule has 0 saturated heterocycles. The summed E-state index contributed by atoms with van der Waals surface area (Å²) in [5.74, 6) is -0.570. The number of nitrogens with zero attached hydrogens (tertiary/aromatic N) is 2. The fourth-order valence-corrected chi connectivity index (χ4v) is 4.53. The molecule has 2 aromatic carbocycles. The highest BCUT2D eigenvalue weighted by Gasteiger charge is 2.24. The van der Waals surface area contributed by atoms with E-state index in [0.29, 0.717) is 16.8 Å². The molecule has 7 nitrogen and oxygen atoms in total. The van der Waals surface area contributed by atoms with Crippen LogP contribution in [0.3, 0.4) is 0 Å². The average Bonchev–Trinajstić information content (AvgIpc) is 3.52. The summed E-state index contributed by atoms with van der Waals surface area (Å²) in [5.41, 5.74) is 3.62. The molecule has 0 atom stereocenters. The number of carbonyl (C=O) groups excluding carboxylic acids is 2. The van der Waals surface area contributed by atoms with E-state index in [1.807, 2.05) is 31.2 Å². The largest absolute Gasteiger partial charge is 0.478 e. The topological polar surface area (TPSA) is 101 Å². The Hall–Kier alpha value is -4.26. The van der Waals surface area contributed by atoms with Gasteiger partial charge in [-0.1, -0.05) is 43.2 Å². The van der Waals surface area contributed by atoms with Crippen molar-refractivity contribution in [2.24, 2.45) is 0 Å². The number of allylic oxidation sites excluding steroid dienone is 5. The van der Waals surface area contributed by atoms with Crippen molar-refractivity contribution in [3.05, 3.63) is 89.7 Å². The maximum atomic E-state index is 13.0. The Balaban J connectivity index is 1.67. The van der Waals surface area contributed by atoms with Gasteiger partial charge >= 0.3 is 5.97 Å². The van der Waals surface area contributed by atoms with Crippen molar-refractivity contribution in [3.63, 3.8) is 0 Å². The third kappa shape index (κ3) is 5.51. The molecular weight excluding hydrogens is 454 g/mol. The number of fused-ring (bicyclic) bond motifs is 1. The lowest BCUT2D eigenvalue weighted by molar-refractivity contribution is -0.112. The first-order valence-corrected chi connectivity index (χ1v) is 12.1. The van der Waals surface area contributed by atoms with Crippen molar-refractivity contribution < 1.29 is 19.5 Å². The van der Waals surface area contributed by atoms with Gasteiger partial charge in [0.25, 0.3) is 5.91 Å². The first-order chi connectivity index (χ1) is 17.4. The van der Waals surface area contributed by atoms with Gasteiger partial charge in [-0.3, -0.25) is 9.59 Å². The Kier molecular flexibility index (Phi) is 7.59. The van der Waals surface area contributed by atoms with Gasteiger partial charge in [0.2, 0.25) is 0 Å². The number of hydrogen-bond donors (Lipinski definition) is 2. The molecule has 36 heavy (non-hydrogen) atoms. The molecule has 0 radical (unpaired) electrons. The molecule has 4 rings (SSSR count). The standard InChI is InChI=1S/C29H29N3O4/c1-3-23(12-5-4-9-19(2)33)30-28(34)21-11-8-10-20(17-21)27-31-25-18-22(29(35)36)15-16-26(25)32(27)24-13-6-7-14-24/h3-5,8-12,15-18,24H,6-7,13-14H2,1-2H3,(H,30,34)(H,35,36)/b9-4+,12-5-,23-3+. The van der Waals surface area contributed by atoms with Gasteiger partial charge < -0.3 is 15.0 Å². The van der Waals surface area contributed by atoms with E-state index in [-0.39, 0.29) is 23.3 Å². The summed E-state index contributed by atoms with van der Waals surface area (Å²) in [6.45, 7) is 3.29. The summed E-state index contributed by atoms with van der Waals surface area (Å²) in [7, 11) is 0. The van der Waals surface area contributed by atoms with Crippen LogP contribution in [0.1, 0.15) is 66.3 Å². The van der Waals surface area contributed by atoms with E-state index < -0.39 is 5.97 Å². The summed E-state index contributed by atoms with van der Waals surface area (Å²) >= 11 is 0. The van der Waals surface area contributed by atoms with E-state index in [1.54, 1.807) is 42.5 Å². The Morgan fingerprint density at radius 2 is 1.78 bits per heavy atom. The molecule has 3 aromatic rings. The zero-order chi connectivity index (χ0) is 25.7. The van der Waals surface area contributed by atoms with Gasteiger partial charge in [0.1, 0.15) is 5.82 Å². The molecule has 1 heterocycles. The predicted octanol–water partition coefficient (Wildman–Crippen LogP) is 5.85. The van der Waals surface area contributed by atoms with Crippen LogP contribution in [0.2, 0.25) is 0 Å². The number of aromatic nitrogens is 2. The summed E-state index contributed by atoms with van der Waals surface area (Å²) in [6.07, 6.45) is 12.6. The Bertz CT molecular complexity index is 1410. The van der Waals surface area contributed by atoms with Crippen LogP contribution >= 0.6 is 0 Å². The number of carbonyl (C=O) groups is 3. The van der Waals surface area contributed by atoms with Gasteiger partial charge in [-0.25, -0.2) is 9.78 Å². The van der Waals surface area contributed by atoms with Crippen LogP contribution in [0.4, 0.5) is 0 Å². The minimum absolute atomic E-state index is 0.0506. The number of ketones is 1. The van der Waals surface area contributed by atoms with Crippen LogP contribution in [0.25, 0.3) is 22.4 Å². The summed E-state index contributed by atoms with van der Waals surface area (Å²) in [4.78, 5) is 40.4. The van der Waals surface area contributed by atoms with E-state index in [9.17, 15) is 19.5 Å². The molecule has 1 amide bonds. The third-order valence-corrected chi connectivity index (χ3v) is 6.30. The second kappa shape index (κ2) is 11.0.